The van der Waals surface area contributed by atoms with Crippen LogP contribution in [0.1, 0.15) is 13.8 Å². The van der Waals surface area contributed by atoms with Crippen molar-refractivity contribution in [2.45, 2.75) is 23.6 Å². The van der Waals surface area contributed by atoms with Gasteiger partial charge in [-0.2, -0.15) is 12.7 Å². The average molecular weight is 438 g/mol. The van der Waals surface area contributed by atoms with E-state index in [2.05, 4.69) is 0 Å². The summed E-state index contributed by atoms with van der Waals surface area (Å²) >= 11 is 11.7. The Balaban J connectivity index is 2.32. The third-order valence-corrected chi connectivity index (χ3v) is 7.39. The lowest BCUT2D eigenvalue weighted by Gasteiger charge is -2.18. The highest BCUT2D eigenvalue weighted by Crippen LogP contribution is 2.30. The predicted octanol–water partition coefficient (Wildman–Crippen LogP) is 3.79. The quantitative estimate of drug-likeness (QED) is 0.615. The van der Waals surface area contributed by atoms with Gasteiger partial charge in [0.25, 0.3) is 0 Å². The zero-order chi connectivity index (χ0) is 19.5. The first-order valence-electron chi connectivity index (χ1n) is 7.61. The van der Waals surface area contributed by atoms with E-state index in [0.717, 1.165) is 0 Å². The van der Waals surface area contributed by atoms with Crippen LogP contribution >= 0.6 is 23.2 Å². The molecule has 2 aromatic rings. The monoisotopic (exact) mass is 437 g/mol. The molecule has 0 aromatic heterocycles. The molecule has 0 atom stereocenters. The van der Waals surface area contributed by atoms with Gasteiger partial charge in [0.2, 0.25) is 10.0 Å². The van der Waals surface area contributed by atoms with Gasteiger partial charge in [0, 0.05) is 18.1 Å². The molecule has 2 aromatic carbocycles. The third kappa shape index (κ3) is 4.50. The Kier molecular flexibility index (Phi) is 6.57. The number of halogens is 2. The summed E-state index contributed by atoms with van der Waals surface area (Å²) in [5, 5.41) is 0.382. The predicted molar refractivity (Wildman–Crippen MR) is 101 cm³/mol. The Morgan fingerprint density at radius 2 is 1.42 bits per heavy atom. The Morgan fingerprint density at radius 3 is 1.92 bits per heavy atom. The summed E-state index contributed by atoms with van der Waals surface area (Å²) in [4.78, 5) is -0.188. The zero-order valence-corrected chi connectivity index (χ0v) is 17.2. The number of hydrogen-bond acceptors (Lipinski definition) is 5. The highest BCUT2D eigenvalue weighted by Gasteiger charge is 2.24. The molecule has 0 bridgehead atoms. The van der Waals surface area contributed by atoms with E-state index in [1.165, 1.54) is 46.8 Å². The Labute approximate surface area is 163 Å². The standard InChI is InChI=1S/C16H17Cl2NO5S2/c1-3-19(4-2)25(20,21)13-6-8-14(9-7-13)26(22,23)24-16-10-5-12(17)11-15(16)18/h5-11H,3-4H2,1-2H3. The van der Waals surface area contributed by atoms with Crippen molar-refractivity contribution in [2.75, 3.05) is 13.1 Å². The summed E-state index contributed by atoms with van der Waals surface area (Å²) in [6.45, 7) is 4.08. The van der Waals surface area contributed by atoms with Crippen LogP contribution in [-0.4, -0.2) is 34.2 Å². The van der Waals surface area contributed by atoms with E-state index in [0.29, 0.717) is 18.1 Å². The number of sulfonamides is 1. The van der Waals surface area contributed by atoms with Gasteiger partial charge in [-0.05, 0) is 42.5 Å². The van der Waals surface area contributed by atoms with Gasteiger partial charge in [-0.25, -0.2) is 8.42 Å². The van der Waals surface area contributed by atoms with Crippen molar-refractivity contribution in [1.29, 1.82) is 0 Å². The summed E-state index contributed by atoms with van der Waals surface area (Å²) in [5.41, 5.74) is 0. The van der Waals surface area contributed by atoms with Crippen molar-refractivity contribution >= 4 is 43.3 Å². The van der Waals surface area contributed by atoms with Crippen LogP contribution in [0.2, 0.25) is 10.0 Å². The molecule has 0 saturated carbocycles. The van der Waals surface area contributed by atoms with Crippen molar-refractivity contribution in [2.24, 2.45) is 0 Å². The first-order valence-corrected chi connectivity index (χ1v) is 11.2. The van der Waals surface area contributed by atoms with Crippen LogP contribution in [0, 0.1) is 0 Å². The van der Waals surface area contributed by atoms with Crippen molar-refractivity contribution in [3.05, 3.63) is 52.5 Å². The van der Waals surface area contributed by atoms with E-state index in [-0.39, 0.29) is 20.6 Å². The van der Waals surface area contributed by atoms with Crippen LogP contribution in [0.4, 0.5) is 0 Å². The number of nitrogens with zero attached hydrogens (tertiary/aromatic N) is 1. The second kappa shape index (κ2) is 8.14. The van der Waals surface area contributed by atoms with Gasteiger partial charge in [-0.3, -0.25) is 0 Å². The van der Waals surface area contributed by atoms with E-state index >= 15 is 0 Å². The Morgan fingerprint density at radius 1 is 0.885 bits per heavy atom. The molecule has 0 aliphatic carbocycles. The van der Waals surface area contributed by atoms with Gasteiger partial charge in [-0.1, -0.05) is 37.0 Å². The molecule has 0 aliphatic heterocycles. The SMILES string of the molecule is CCN(CC)S(=O)(=O)c1ccc(S(=O)(=O)Oc2ccc(Cl)cc2Cl)cc1. The molecule has 0 amide bonds. The van der Waals surface area contributed by atoms with Gasteiger partial charge >= 0.3 is 10.1 Å². The lowest BCUT2D eigenvalue weighted by molar-refractivity contribution is 0.445. The fourth-order valence-corrected chi connectivity index (χ4v) is 5.10. The number of benzene rings is 2. The fraction of sp³-hybridized carbons (Fsp3) is 0.250. The van der Waals surface area contributed by atoms with Crippen molar-refractivity contribution in [1.82, 2.24) is 4.31 Å². The molecule has 0 unspecified atom stereocenters. The van der Waals surface area contributed by atoms with Gasteiger partial charge in [0.15, 0.2) is 5.75 Å². The fourth-order valence-electron chi connectivity index (χ4n) is 2.20. The molecule has 10 heteroatoms. The molecule has 0 N–H and O–H groups in total. The molecule has 142 valence electrons. The Hall–Kier alpha value is -1.32. The topological polar surface area (TPSA) is 80.8 Å². The summed E-state index contributed by atoms with van der Waals surface area (Å²) in [7, 11) is -7.85. The average Bonchev–Trinajstić information content (AvgIpc) is 2.58. The Bertz CT molecular complexity index is 986. The molecule has 2 rings (SSSR count). The van der Waals surface area contributed by atoms with Crippen molar-refractivity contribution in [3.63, 3.8) is 0 Å². The number of hydrogen-bond donors (Lipinski definition) is 0. The van der Waals surface area contributed by atoms with Crippen LogP contribution in [0.15, 0.2) is 52.3 Å². The lowest BCUT2D eigenvalue weighted by atomic mass is 10.3. The van der Waals surface area contributed by atoms with Crippen LogP contribution in [0.25, 0.3) is 0 Å². The van der Waals surface area contributed by atoms with Crippen LogP contribution < -0.4 is 4.18 Å². The molecule has 0 saturated heterocycles. The summed E-state index contributed by atoms with van der Waals surface area (Å²) in [6, 6.07) is 8.94. The molecular weight excluding hydrogens is 421 g/mol. The van der Waals surface area contributed by atoms with E-state index < -0.39 is 20.1 Å². The van der Waals surface area contributed by atoms with Crippen LogP contribution in [-0.2, 0) is 20.1 Å². The maximum Gasteiger partial charge on any atom is 0.339 e. The molecule has 0 heterocycles. The normalized spacial score (nSPS) is 12.3. The largest absolute Gasteiger partial charge is 0.377 e. The van der Waals surface area contributed by atoms with E-state index in [1.807, 2.05) is 0 Å². The van der Waals surface area contributed by atoms with Gasteiger partial charge in [0.1, 0.15) is 4.90 Å². The van der Waals surface area contributed by atoms with Gasteiger partial charge < -0.3 is 4.18 Å². The van der Waals surface area contributed by atoms with E-state index in [4.69, 9.17) is 27.4 Å². The minimum Gasteiger partial charge on any atom is -0.377 e. The molecule has 6 nitrogen and oxygen atoms in total. The first-order chi connectivity index (χ1) is 12.1. The van der Waals surface area contributed by atoms with E-state index in [1.54, 1.807) is 13.8 Å². The lowest BCUT2D eigenvalue weighted by Crippen LogP contribution is -2.30. The summed E-state index contributed by atoms with van der Waals surface area (Å²) in [5.74, 6) is -0.0732. The number of rotatable bonds is 7. The second-order valence-corrected chi connectivity index (χ2v) is 9.50. The maximum absolute atomic E-state index is 12.4. The van der Waals surface area contributed by atoms with E-state index in [9.17, 15) is 16.8 Å². The molecular formula is C16H17Cl2NO5S2. The van der Waals surface area contributed by atoms with Crippen molar-refractivity contribution in [3.8, 4) is 5.75 Å². The van der Waals surface area contributed by atoms with Crippen molar-refractivity contribution < 1.29 is 21.0 Å². The zero-order valence-electron chi connectivity index (χ0n) is 14.0. The summed E-state index contributed by atoms with van der Waals surface area (Å²) in [6.07, 6.45) is 0. The van der Waals surface area contributed by atoms with Gasteiger partial charge in [0.05, 0.1) is 9.92 Å². The third-order valence-electron chi connectivity index (χ3n) is 3.55. The molecule has 26 heavy (non-hydrogen) atoms. The summed E-state index contributed by atoms with van der Waals surface area (Å²) < 4.78 is 55.9. The molecule has 0 fully saturated rings. The van der Waals surface area contributed by atoms with Crippen LogP contribution in [0.5, 0.6) is 5.75 Å². The highest BCUT2D eigenvalue weighted by molar-refractivity contribution is 7.89. The second-order valence-electron chi connectivity index (χ2n) is 5.17. The van der Waals surface area contributed by atoms with Gasteiger partial charge in [-0.15, -0.1) is 0 Å². The first kappa shape index (κ1) is 21.0. The maximum atomic E-state index is 12.4. The smallest absolute Gasteiger partial charge is 0.339 e. The highest BCUT2D eigenvalue weighted by atomic mass is 35.5. The minimum absolute atomic E-state index is 0.00433. The minimum atomic E-state index is -4.18. The molecule has 0 radical (unpaired) electrons. The van der Waals surface area contributed by atoms with Crippen LogP contribution in [0.3, 0.4) is 0 Å². The molecule has 0 aliphatic rings. The molecule has 0 spiro atoms.